The summed E-state index contributed by atoms with van der Waals surface area (Å²) in [5.41, 5.74) is 2.71. The minimum Gasteiger partial charge on any atom is -0.483 e. The van der Waals surface area contributed by atoms with Gasteiger partial charge in [-0.15, -0.1) is 10.2 Å². The summed E-state index contributed by atoms with van der Waals surface area (Å²) in [6.45, 7) is 6.35. The van der Waals surface area contributed by atoms with Crippen LogP contribution in [-0.4, -0.2) is 40.0 Å². The third-order valence-electron chi connectivity index (χ3n) is 4.80. The van der Waals surface area contributed by atoms with Crippen molar-refractivity contribution in [3.8, 4) is 5.75 Å². The summed E-state index contributed by atoms with van der Waals surface area (Å²) >= 11 is 1.32. The maximum absolute atomic E-state index is 13.9. The first-order chi connectivity index (χ1) is 14.9. The van der Waals surface area contributed by atoms with E-state index in [1.165, 1.54) is 17.8 Å². The molecule has 0 aliphatic carbocycles. The molecule has 0 N–H and O–H groups in total. The van der Waals surface area contributed by atoms with Gasteiger partial charge < -0.3 is 9.47 Å². The SMILES string of the molecule is COC[C@H](C)n1c(COc2ccccc2F)nnc1SCC(=O)c1cc(C)ccc1C. The smallest absolute Gasteiger partial charge is 0.192 e. The van der Waals surface area contributed by atoms with Gasteiger partial charge in [-0.2, -0.15) is 0 Å². The summed E-state index contributed by atoms with van der Waals surface area (Å²) in [5.74, 6) is 0.512. The molecule has 0 saturated heterocycles. The van der Waals surface area contributed by atoms with Crippen molar-refractivity contribution in [2.24, 2.45) is 0 Å². The van der Waals surface area contributed by atoms with E-state index in [0.29, 0.717) is 23.2 Å². The lowest BCUT2D eigenvalue weighted by molar-refractivity contribution is 0.102. The monoisotopic (exact) mass is 443 g/mol. The molecule has 31 heavy (non-hydrogen) atoms. The van der Waals surface area contributed by atoms with Crippen molar-refractivity contribution in [2.45, 2.75) is 38.6 Å². The van der Waals surface area contributed by atoms with E-state index >= 15 is 0 Å². The molecule has 2 aromatic carbocycles. The van der Waals surface area contributed by atoms with Crippen molar-refractivity contribution in [2.75, 3.05) is 19.5 Å². The predicted octanol–water partition coefficient (Wildman–Crippen LogP) is 4.80. The lowest BCUT2D eigenvalue weighted by Crippen LogP contribution is -2.17. The van der Waals surface area contributed by atoms with E-state index in [4.69, 9.17) is 9.47 Å². The van der Waals surface area contributed by atoms with E-state index < -0.39 is 5.82 Å². The molecule has 1 aromatic heterocycles. The molecule has 164 valence electrons. The topological polar surface area (TPSA) is 66.2 Å². The molecule has 0 bridgehead atoms. The van der Waals surface area contributed by atoms with Gasteiger partial charge in [0.25, 0.3) is 0 Å². The molecular formula is C23H26FN3O3S. The predicted molar refractivity (Wildman–Crippen MR) is 118 cm³/mol. The van der Waals surface area contributed by atoms with E-state index in [9.17, 15) is 9.18 Å². The molecule has 0 fully saturated rings. The summed E-state index contributed by atoms with van der Waals surface area (Å²) in [6, 6.07) is 12.0. The fraction of sp³-hybridized carbons (Fsp3) is 0.348. The molecular weight excluding hydrogens is 417 g/mol. The highest BCUT2D eigenvalue weighted by Crippen LogP contribution is 2.25. The third kappa shape index (κ3) is 5.71. The van der Waals surface area contributed by atoms with Gasteiger partial charge in [0, 0.05) is 12.7 Å². The number of carbonyl (C=O) groups is 1. The number of hydrogen-bond acceptors (Lipinski definition) is 6. The maximum Gasteiger partial charge on any atom is 0.192 e. The summed E-state index contributed by atoms with van der Waals surface area (Å²) in [5, 5.41) is 9.07. The number of nitrogens with zero attached hydrogens (tertiary/aromatic N) is 3. The standard InChI is InChI=1S/C23H26FN3O3S/c1-15-9-10-16(2)18(11-15)20(28)14-31-23-26-25-22(27(23)17(3)12-29-4)13-30-21-8-6-5-7-19(21)24/h5-11,17H,12-14H2,1-4H3/t17-/m0/s1. The summed E-state index contributed by atoms with van der Waals surface area (Å²) < 4.78 is 26.7. The van der Waals surface area contributed by atoms with E-state index in [2.05, 4.69) is 10.2 Å². The van der Waals surface area contributed by atoms with Crippen LogP contribution in [0, 0.1) is 19.7 Å². The Morgan fingerprint density at radius 2 is 1.97 bits per heavy atom. The highest BCUT2D eigenvalue weighted by molar-refractivity contribution is 7.99. The van der Waals surface area contributed by atoms with Gasteiger partial charge >= 0.3 is 0 Å². The van der Waals surface area contributed by atoms with Crippen LogP contribution >= 0.6 is 11.8 Å². The Balaban J connectivity index is 1.77. The van der Waals surface area contributed by atoms with Crippen LogP contribution in [0.3, 0.4) is 0 Å². The number of rotatable bonds is 10. The number of carbonyl (C=O) groups excluding carboxylic acids is 1. The van der Waals surface area contributed by atoms with Crippen LogP contribution in [0.5, 0.6) is 5.75 Å². The van der Waals surface area contributed by atoms with Gasteiger partial charge in [-0.1, -0.05) is 41.6 Å². The van der Waals surface area contributed by atoms with Crippen molar-refractivity contribution in [1.82, 2.24) is 14.8 Å². The Bertz CT molecular complexity index is 1050. The molecule has 3 aromatic rings. The van der Waals surface area contributed by atoms with Gasteiger partial charge in [-0.25, -0.2) is 4.39 Å². The molecule has 6 nitrogen and oxygen atoms in total. The number of para-hydroxylation sites is 1. The number of ketones is 1. The number of ether oxygens (including phenoxy) is 2. The molecule has 0 unspecified atom stereocenters. The third-order valence-corrected chi connectivity index (χ3v) is 5.75. The van der Waals surface area contributed by atoms with E-state index in [0.717, 1.165) is 11.1 Å². The lowest BCUT2D eigenvalue weighted by Gasteiger charge is -2.17. The van der Waals surface area contributed by atoms with Crippen LogP contribution in [-0.2, 0) is 11.3 Å². The van der Waals surface area contributed by atoms with Crippen molar-refractivity contribution < 1.29 is 18.7 Å². The minimum atomic E-state index is -0.438. The van der Waals surface area contributed by atoms with E-state index in [-0.39, 0.29) is 29.9 Å². The van der Waals surface area contributed by atoms with Crippen LogP contribution in [0.2, 0.25) is 0 Å². The van der Waals surface area contributed by atoms with Crippen LogP contribution in [0.1, 0.15) is 40.3 Å². The first-order valence-electron chi connectivity index (χ1n) is 9.94. The fourth-order valence-electron chi connectivity index (χ4n) is 3.21. The molecule has 0 aliphatic rings. The number of hydrogen-bond donors (Lipinski definition) is 0. The number of halogens is 1. The normalized spacial score (nSPS) is 12.0. The largest absolute Gasteiger partial charge is 0.483 e. The van der Waals surface area contributed by atoms with Crippen LogP contribution in [0.25, 0.3) is 0 Å². The van der Waals surface area contributed by atoms with Gasteiger partial charge in [-0.3, -0.25) is 9.36 Å². The second-order valence-electron chi connectivity index (χ2n) is 7.32. The average molecular weight is 444 g/mol. The number of aromatic nitrogens is 3. The first kappa shape index (κ1) is 23.0. The Morgan fingerprint density at radius 3 is 2.71 bits per heavy atom. The molecule has 0 saturated carbocycles. The molecule has 3 rings (SSSR count). The zero-order valence-corrected chi connectivity index (χ0v) is 18.9. The molecule has 0 aliphatic heterocycles. The van der Waals surface area contributed by atoms with E-state index in [1.807, 2.05) is 43.5 Å². The molecule has 0 amide bonds. The first-order valence-corrected chi connectivity index (χ1v) is 10.9. The fourth-order valence-corrected chi connectivity index (χ4v) is 4.15. The van der Waals surface area contributed by atoms with Gasteiger partial charge in [0.05, 0.1) is 18.4 Å². The second kappa shape index (κ2) is 10.5. The van der Waals surface area contributed by atoms with Crippen molar-refractivity contribution in [3.05, 3.63) is 70.8 Å². The van der Waals surface area contributed by atoms with Gasteiger partial charge in [0.15, 0.2) is 28.3 Å². The zero-order valence-electron chi connectivity index (χ0n) is 18.1. The molecule has 1 atom stereocenters. The van der Waals surface area contributed by atoms with E-state index in [1.54, 1.807) is 25.3 Å². The molecule has 0 spiro atoms. The Morgan fingerprint density at radius 1 is 1.19 bits per heavy atom. The number of Topliss-reactive ketones (excluding diaryl/α,β-unsaturated/α-hetero) is 1. The average Bonchev–Trinajstić information content (AvgIpc) is 3.16. The van der Waals surface area contributed by atoms with Crippen molar-refractivity contribution in [1.29, 1.82) is 0 Å². The minimum absolute atomic E-state index is 0.0318. The van der Waals surface area contributed by atoms with Gasteiger partial charge in [-0.05, 0) is 44.5 Å². The number of aryl methyl sites for hydroxylation is 2. The molecule has 1 heterocycles. The van der Waals surface area contributed by atoms with Gasteiger partial charge in [0.1, 0.15) is 6.61 Å². The second-order valence-corrected chi connectivity index (χ2v) is 8.26. The Kier molecular flexibility index (Phi) is 7.81. The van der Waals surface area contributed by atoms with Crippen LogP contribution in [0.15, 0.2) is 47.6 Å². The lowest BCUT2D eigenvalue weighted by atomic mass is 10.0. The Labute approximate surface area is 185 Å². The molecule has 0 radical (unpaired) electrons. The molecule has 8 heteroatoms. The van der Waals surface area contributed by atoms with Gasteiger partial charge in [0.2, 0.25) is 0 Å². The highest BCUT2D eigenvalue weighted by Gasteiger charge is 2.20. The summed E-state index contributed by atoms with van der Waals surface area (Å²) in [7, 11) is 1.62. The Hall–Kier alpha value is -2.71. The zero-order chi connectivity index (χ0) is 22.4. The van der Waals surface area contributed by atoms with Crippen LogP contribution < -0.4 is 4.74 Å². The highest BCUT2D eigenvalue weighted by atomic mass is 32.2. The summed E-state index contributed by atoms with van der Waals surface area (Å²) in [6.07, 6.45) is 0. The van der Waals surface area contributed by atoms with Crippen molar-refractivity contribution in [3.63, 3.8) is 0 Å². The number of methoxy groups -OCH3 is 1. The van der Waals surface area contributed by atoms with Crippen molar-refractivity contribution >= 4 is 17.5 Å². The number of thioether (sulfide) groups is 1. The number of benzene rings is 2. The maximum atomic E-state index is 13.9. The quantitative estimate of drug-likeness (QED) is 0.331. The summed E-state index contributed by atoms with van der Waals surface area (Å²) in [4.78, 5) is 12.8. The van der Waals surface area contributed by atoms with Crippen LogP contribution in [0.4, 0.5) is 4.39 Å².